The molecule has 0 aromatic heterocycles. The summed E-state index contributed by atoms with van der Waals surface area (Å²) in [6, 6.07) is -0.0645. The zero-order valence-corrected chi connectivity index (χ0v) is 7.92. The standard InChI is InChI=1S/C6H13N3O3S/c7-6(9-10)3-8-5-1-2-13(11,12)4-5/h5,8,10H,1-4H2,(H2,7,9). The summed E-state index contributed by atoms with van der Waals surface area (Å²) in [5.74, 6) is 0.427. The second-order valence-electron chi connectivity index (χ2n) is 3.07. The van der Waals surface area contributed by atoms with Crippen molar-refractivity contribution < 1.29 is 13.6 Å². The number of nitrogens with zero attached hydrogens (tertiary/aromatic N) is 1. The molecule has 13 heavy (non-hydrogen) atoms. The highest BCUT2D eigenvalue weighted by Crippen LogP contribution is 2.10. The van der Waals surface area contributed by atoms with Crippen LogP contribution in [0.4, 0.5) is 0 Å². The minimum atomic E-state index is -2.86. The van der Waals surface area contributed by atoms with Crippen LogP contribution >= 0.6 is 0 Å². The summed E-state index contributed by atoms with van der Waals surface area (Å²) in [5, 5.41) is 13.9. The number of sulfone groups is 1. The molecule has 0 aliphatic carbocycles. The van der Waals surface area contributed by atoms with Gasteiger partial charge in [-0.15, -0.1) is 0 Å². The molecule has 1 unspecified atom stereocenters. The fraction of sp³-hybridized carbons (Fsp3) is 0.833. The number of nitrogens with two attached hydrogens (primary N) is 1. The fourth-order valence-corrected chi connectivity index (χ4v) is 2.95. The van der Waals surface area contributed by atoms with E-state index in [1.165, 1.54) is 0 Å². The number of hydrogen-bond donors (Lipinski definition) is 3. The van der Waals surface area contributed by atoms with Gasteiger partial charge < -0.3 is 16.3 Å². The Morgan fingerprint density at radius 3 is 2.85 bits per heavy atom. The largest absolute Gasteiger partial charge is 0.409 e. The van der Waals surface area contributed by atoms with E-state index in [1.54, 1.807) is 0 Å². The first-order chi connectivity index (χ1) is 6.03. The lowest BCUT2D eigenvalue weighted by atomic mass is 10.2. The van der Waals surface area contributed by atoms with Gasteiger partial charge in [-0.2, -0.15) is 0 Å². The van der Waals surface area contributed by atoms with Crippen molar-refractivity contribution in [2.45, 2.75) is 12.5 Å². The summed E-state index contributed by atoms with van der Waals surface area (Å²) in [5.41, 5.74) is 5.21. The monoisotopic (exact) mass is 207 g/mol. The average molecular weight is 207 g/mol. The number of hydrogen-bond acceptors (Lipinski definition) is 5. The van der Waals surface area contributed by atoms with Crippen molar-refractivity contribution in [1.29, 1.82) is 0 Å². The number of amidine groups is 1. The minimum Gasteiger partial charge on any atom is -0.409 e. The van der Waals surface area contributed by atoms with Gasteiger partial charge in [-0.25, -0.2) is 8.42 Å². The third-order valence-corrected chi connectivity index (χ3v) is 3.70. The Balaban J connectivity index is 2.33. The van der Waals surface area contributed by atoms with E-state index in [1.807, 2.05) is 0 Å². The van der Waals surface area contributed by atoms with Gasteiger partial charge >= 0.3 is 0 Å². The van der Waals surface area contributed by atoms with E-state index in [2.05, 4.69) is 10.5 Å². The molecular formula is C6H13N3O3S. The van der Waals surface area contributed by atoms with Crippen LogP contribution in [0.15, 0.2) is 5.16 Å². The summed E-state index contributed by atoms with van der Waals surface area (Å²) in [4.78, 5) is 0. The van der Waals surface area contributed by atoms with Gasteiger partial charge in [0.1, 0.15) is 0 Å². The molecule has 76 valence electrons. The normalized spacial score (nSPS) is 27.7. The molecule has 0 spiro atoms. The van der Waals surface area contributed by atoms with Gasteiger partial charge in [-0.3, -0.25) is 0 Å². The highest BCUT2D eigenvalue weighted by Gasteiger charge is 2.27. The van der Waals surface area contributed by atoms with E-state index in [0.29, 0.717) is 6.42 Å². The Morgan fingerprint density at radius 1 is 1.69 bits per heavy atom. The average Bonchev–Trinajstić information content (AvgIpc) is 2.41. The minimum absolute atomic E-state index is 0.0595. The number of oxime groups is 1. The van der Waals surface area contributed by atoms with Crippen molar-refractivity contribution in [2.75, 3.05) is 18.1 Å². The Kier molecular flexibility index (Phi) is 3.10. The summed E-state index contributed by atoms with van der Waals surface area (Å²) < 4.78 is 22.0. The number of rotatable bonds is 3. The second kappa shape index (κ2) is 3.93. The molecule has 1 aliphatic heterocycles. The molecular weight excluding hydrogens is 194 g/mol. The van der Waals surface area contributed by atoms with Crippen molar-refractivity contribution in [2.24, 2.45) is 10.9 Å². The van der Waals surface area contributed by atoms with Crippen LogP contribution in [0.1, 0.15) is 6.42 Å². The molecule has 6 nitrogen and oxygen atoms in total. The zero-order chi connectivity index (χ0) is 9.90. The highest BCUT2D eigenvalue weighted by atomic mass is 32.2. The Hall–Kier alpha value is -0.820. The van der Waals surface area contributed by atoms with E-state index >= 15 is 0 Å². The van der Waals surface area contributed by atoms with Gasteiger partial charge in [0, 0.05) is 6.04 Å². The van der Waals surface area contributed by atoms with Gasteiger partial charge in [-0.1, -0.05) is 5.16 Å². The molecule has 1 fully saturated rings. The summed E-state index contributed by atoms with van der Waals surface area (Å²) in [6.45, 7) is 0.219. The molecule has 7 heteroatoms. The Morgan fingerprint density at radius 2 is 2.38 bits per heavy atom. The smallest absolute Gasteiger partial charge is 0.153 e. The van der Waals surface area contributed by atoms with E-state index < -0.39 is 9.84 Å². The van der Waals surface area contributed by atoms with Gasteiger partial charge in [0.05, 0.1) is 18.1 Å². The SMILES string of the molecule is N/C(CNC1CCS(=O)(=O)C1)=N\O. The third-order valence-electron chi connectivity index (χ3n) is 1.93. The summed E-state index contributed by atoms with van der Waals surface area (Å²) >= 11 is 0. The van der Waals surface area contributed by atoms with E-state index in [-0.39, 0.29) is 29.9 Å². The van der Waals surface area contributed by atoms with Crippen LogP contribution in [-0.4, -0.2) is 43.6 Å². The molecule has 1 rings (SSSR count). The molecule has 0 aromatic rings. The lowest BCUT2D eigenvalue weighted by molar-refractivity contribution is 0.316. The molecule has 1 heterocycles. The highest BCUT2D eigenvalue weighted by molar-refractivity contribution is 7.91. The van der Waals surface area contributed by atoms with Crippen molar-refractivity contribution in [3.63, 3.8) is 0 Å². The van der Waals surface area contributed by atoms with Crippen LogP contribution in [-0.2, 0) is 9.84 Å². The van der Waals surface area contributed by atoms with Crippen LogP contribution in [0.3, 0.4) is 0 Å². The lowest BCUT2D eigenvalue weighted by Gasteiger charge is -2.08. The molecule has 0 bridgehead atoms. The summed E-state index contributed by atoms with van der Waals surface area (Å²) in [6.07, 6.45) is 0.598. The molecule has 0 saturated carbocycles. The zero-order valence-electron chi connectivity index (χ0n) is 7.10. The van der Waals surface area contributed by atoms with Crippen molar-refractivity contribution >= 4 is 15.7 Å². The van der Waals surface area contributed by atoms with Gasteiger partial charge in [0.15, 0.2) is 15.7 Å². The summed E-state index contributed by atoms with van der Waals surface area (Å²) in [7, 11) is -2.86. The second-order valence-corrected chi connectivity index (χ2v) is 5.30. The molecule has 1 aliphatic rings. The van der Waals surface area contributed by atoms with Gasteiger partial charge in [0.25, 0.3) is 0 Å². The van der Waals surface area contributed by atoms with Crippen LogP contribution in [0.5, 0.6) is 0 Å². The number of nitrogens with one attached hydrogen (secondary N) is 1. The van der Waals surface area contributed by atoms with Crippen molar-refractivity contribution in [3.8, 4) is 0 Å². The maximum atomic E-state index is 11.0. The van der Waals surface area contributed by atoms with E-state index in [4.69, 9.17) is 10.9 Å². The van der Waals surface area contributed by atoms with Gasteiger partial charge in [0.2, 0.25) is 0 Å². The molecule has 0 aromatic carbocycles. The quantitative estimate of drug-likeness (QED) is 0.226. The van der Waals surface area contributed by atoms with E-state index in [9.17, 15) is 8.42 Å². The van der Waals surface area contributed by atoms with Crippen LogP contribution in [0.2, 0.25) is 0 Å². The first-order valence-corrected chi connectivity index (χ1v) is 5.76. The predicted octanol–water partition coefficient (Wildman–Crippen LogP) is -1.49. The van der Waals surface area contributed by atoms with Gasteiger partial charge in [-0.05, 0) is 6.42 Å². The van der Waals surface area contributed by atoms with Crippen molar-refractivity contribution in [1.82, 2.24) is 5.32 Å². The molecule has 0 amide bonds. The first-order valence-electron chi connectivity index (χ1n) is 3.94. The van der Waals surface area contributed by atoms with Crippen molar-refractivity contribution in [3.05, 3.63) is 0 Å². The third kappa shape index (κ3) is 3.19. The Bertz CT molecular complexity index is 298. The van der Waals surface area contributed by atoms with Crippen LogP contribution < -0.4 is 11.1 Å². The maximum Gasteiger partial charge on any atom is 0.153 e. The van der Waals surface area contributed by atoms with E-state index in [0.717, 1.165) is 0 Å². The molecule has 0 radical (unpaired) electrons. The predicted molar refractivity (Wildman–Crippen MR) is 48.5 cm³/mol. The maximum absolute atomic E-state index is 11.0. The fourth-order valence-electron chi connectivity index (χ4n) is 1.24. The molecule has 1 atom stereocenters. The molecule has 4 N–H and O–H groups in total. The Labute approximate surface area is 76.7 Å². The van der Waals surface area contributed by atoms with Crippen LogP contribution in [0.25, 0.3) is 0 Å². The topological polar surface area (TPSA) is 105 Å². The van der Waals surface area contributed by atoms with Crippen LogP contribution in [0, 0.1) is 0 Å². The molecule has 1 saturated heterocycles. The lowest BCUT2D eigenvalue weighted by Crippen LogP contribution is -2.37. The first kappa shape index (κ1) is 10.3.